The number of hydrogen-bond donors (Lipinski definition) is 1. The summed E-state index contributed by atoms with van der Waals surface area (Å²) in [5, 5.41) is 0. The number of carbonyl (C=O) groups excluding carboxylic acids is 1. The largest absolute Gasteiger partial charge is 0.330 e. The van der Waals surface area contributed by atoms with Gasteiger partial charge in [-0.1, -0.05) is 6.42 Å². The second kappa shape index (κ2) is 2.48. The summed E-state index contributed by atoms with van der Waals surface area (Å²) in [4.78, 5) is 10.1. The van der Waals surface area contributed by atoms with Crippen molar-refractivity contribution in [1.29, 1.82) is 0 Å². The first-order valence-electron chi connectivity index (χ1n) is 3.47. The van der Waals surface area contributed by atoms with Crippen LogP contribution in [0, 0.1) is 5.41 Å². The van der Waals surface area contributed by atoms with Gasteiger partial charge in [0.1, 0.15) is 6.29 Å². The van der Waals surface area contributed by atoms with E-state index in [4.69, 9.17) is 5.73 Å². The van der Waals surface area contributed by atoms with Gasteiger partial charge in [-0.15, -0.1) is 0 Å². The molecule has 1 saturated carbocycles. The highest BCUT2D eigenvalue weighted by molar-refractivity contribution is 5.51. The minimum Gasteiger partial charge on any atom is -0.330 e. The first kappa shape index (κ1) is 6.75. The first-order valence-corrected chi connectivity index (χ1v) is 3.47. The molecule has 2 N–H and O–H groups in total. The molecule has 1 aliphatic carbocycles. The van der Waals surface area contributed by atoms with Gasteiger partial charge in [0.2, 0.25) is 0 Å². The molecular formula is C7H13NO. The molecule has 52 valence electrons. The number of carbonyl (C=O) groups is 1. The number of rotatable bonds is 3. The molecule has 0 aromatic carbocycles. The second-order valence-electron chi connectivity index (χ2n) is 2.93. The summed E-state index contributed by atoms with van der Waals surface area (Å²) < 4.78 is 0. The molecule has 0 spiro atoms. The third-order valence-corrected chi connectivity index (χ3v) is 2.36. The Morgan fingerprint density at radius 1 is 1.56 bits per heavy atom. The highest BCUT2D eigenvalue weighted by Crippen LogP contribution is 2.41. The van der Waals surface area contributed by atoms with Crippen LogP contribution in [0.4, 0.5) is 0 Å². The average molecular weight is 127 g/mol. The monoisotopic (exact) mass is 127 g/mol. The van der Waals surface area contributed by atoms with Crippen molar-refractivity contribution in [2.75, 3.05) is 6.54 Å². The molecule has 0 saturated heterocycles. The summed E-state index contributed by atoms with van der Waals surface area (Å²) in [6.07, 6.45) is 5.23. The molecule has 0 heterocycles. The SMILES string of the molecule is NCC1(CC=O)CCC1. The van der Waals surface area contributed by atoms with Crippen molar-refractivity contribution in [3.8, 4) is 0 Å². The van der Waals surface area contributed by atoms with E-state index >= 15 is 0 Å². The fourth-order valence-corrected chi connectivity index (χ4v) is 1.35. The van der Waals surface area contributed by atoms with Crippen LogP contribution in [0.1, 0.15) is 25.7 Å². The Kier molecular flexibility index (Phi) is 1.86. The normalized spacial score (nSPS) is 22.8. The molecule has 0 unspecified atom stereocenters. The van der Waals surface area contributed by atoms with E-state index in [1.807, 2.05) is 0 Å². The first-order chi connectivity index (χ1) is 4.33. The van der Waals surface area contributed by atoms with Gasteiger partial charge in [-0.05, 0) is 24.8 Å². The Balaban J connectivity index is 2.36. The van der Waals surface area contributed by atoms with Crippen molar-refractivity contribution in [2.24, 2.45) is 11.1 Å². The Bertz CT molecular complexity index is 102. The van der Waals surface area contributed by atoms with Crippen LogP contribution in [0.2, 0.25) is 0 Å². The maximum atomic E-state index is 10.1. The Morgan fingerprint density at radius 3 is 2.33 bits per heavy atom. The fraction of sp³-hybridized carbons (Fsp3) is 0.857. The van der Waals surface area contributed by atoms with Gasteiger partial charge in [0, 0.05) is 6.42 Å². The number of nitrogens with two attached hydrogens (primary N) is 1. The van der Waals surface area contributed by atoms with E-state index in [0.29, 0.717) is 13.0 Å². The number of hydrogen-bond acceptors (Lipinski definition) is 2. The lowest BCUT2D eigenvalue weighted by Crippen LogP contribution is -2.37. The predicted octanol–water partition coefficient (Wildman–Crippen LogP) is 0.704. The molecule has 0 aliphatic heterocycles. The summed E-state index contributed by atoms with van der Waals surface area (Å²) in [6, 6.07) is 0. The molecule has 2 nitrogen and oxygen atoms in total. The summed E-state index contributed by atoms with van der Waals surface area (Å²) >= 11 is 0. The van der Waals surface area contributed by atoms with Crippen molar-refractivity contribution in [3.63, 3.8) is 0 Å². The van der Waals surface area contributed by atoms with Gasteiger partial charge in [0.05, 0.1) is 0 Å². The van der Waals surface area contributed by atoms with Gasteiger partial charge in [-0.25, -0.2) is 0 Å². The third-order valence-electron chi connectivity index (χ3n) is 2.36. The summed E-state index contributed by atoms with van der Waals surface area (Å²) in [5.74, 6) is 0. The lowest BCUT2D eigenvalue weighted by atomic mass is 9.67. The van der Waals surface area contributed by atoms with Crippen molar-refractivity contribution in [1.82, 2.24) is 0 Å². The Hall–Kier alpha value is -0.370. The van der Waals surface area contributed by atoms with Crippen molar-refractivity contribution < 1.29 is 4.79 Å². The van der Waals surface area contributed by atoms with Crippen molar-refractivity contribution in [2.45, 2.75) is 25.7 Å². The molecule has 9 heavy (non-hydrogen) atoms. The van der Waals surface area contributed by atoms with E-state index < -0.39 is 0 Å². The molecule has 0 aromatic heterocycles. The molecule has 0 bridgehead atoms. The molecule has 0 aromatic rings. The van der Waals surface area contributed by atoms with E-state index in [9.17, 15) is 4.79 Å². The molecule has 1 rings (SSSR count). The zero-order chi connectivity index (χ0) is 6.74. The maximum absolute atomic E-state index is 10.1. The maximum Gasteiger partial charge on any atom is 0.120 e. The molecule has 0 atom stereocenters. The highest BCUT2D eigenvalue weighted by Gasteiger charge is 2.34. The summed E-state index contributed by atoms with van der Waals surface area (Å²) in [7, 11) is 0. The van der Waals surface area contributed by atoms with Crippen LogP contribution in [0.25, 0.3) is 0 Å². The molecule has 0 radical (unpaired) electrons. The fourth-order valence-electron chi connectivity index (χ4n) is 1.35. The quantitative estimate of drug-likeness (QED) is 0.567. The Morgan fingerprint density at radius 2 is 2.22 bits per heavy atom. The standard InChI is InChI=1S/C7H13NO/c8-6-7(4-5-9)2-1-3-7/h5H,1-4,6,8H2. The van der Waals surface area contributed by atoms with Crippen molar-refractivity contribution >= 4 is 6.29 Å². The average Bonchev–Trinajstić information content (AvgIpc) is 1.79. The summed E-state index contributed by atoms with van der Waals surface area (Å²) in [5.41, 5.74) is 5.72. The topological polar surface area (TPSA) is 43.1 Å². The Labute approximate surface area is 55.4 Å². The van der Waals surface area contributed by atoms with E-state index in [1.54, 1.807) is 0 Å². The van der Waals surface area contributed by atoms with Crippen LogP contribution < -0.4 is 5.73 Å². The van der Waals surface area contributed by atoms with Crippen LogP contribution in [0.5, 0.6) is 0 Å². The zero-order valence-electron chi connectivity index (χ0n) is 5.60. The molecule has 1 fully saturated rings. The lowest BCUT2D eigenvalue weighted by Gasteiger charge is -2.39. The zero-order valence-corrected chi connectivity index (χ0v) is 5.60. The minimum absolute atomic E-state index is 0.224. The van der Waals surface area contributed by atoms with Crippen LogP contribution in [-0.2, 0) is 4.79 Å². The highest BCUT2D eigenvalue weighted by atomic mass is 16.1. The third kappa shape index (κ3) is 1.13. The molecule has 2 heteroatoms. The number of aldehydes is 1. The van der Waals surface area contributed by atoms with E-state index in [-0.39, 0.29) is 5.41 Å². The molecular weight excluding hydrogens is 114 g/mol. The van der Waals surface area contributed by atoms with Crippen LogP contribution >= 0.6 is 0 Å². The molecule has 1 aliphatic rings. The van der Waals surface area contributed by atoms with Crippen LogP contribution in [-0.4, -0.2) is 12.8 Å². The van der Waals surface area contributed by atoms with Gasteiger partial charge < -0.3 is 10.5 Å². The molecule has 0 amide bonds. The van der Waals surface area contributed by atoms with E-state index in [1.165, 1.54) is 6.42 Å². The smallest absolute Gasteiger partial charge is 0.120 e. The van der Waals surface area contributed by atoms with E-state index in [2.05, 4.69) is 0 Å². The summed E-state index contributed by atoms with van der Waals surface area (Å²) in [6.45, 7) is 0.686. The predicted molar refractivity (Wildman–Crippen MR) is 36.0 cm³/mol. The van der Waals surface area contributed by atoms with Crippen LogP contribution in [0.3, 0.4) is 0 Å². The van der Waals surface area contributed by atoms with E-state index in [0.717, 1.165) is 19.1 Å². The van der Waals surface area contributed by atoms with Gasteiger partial charge >= 0.3 is 0 Å². The van der Waals surface area contributed by atoms with Gasteiger partial charge in [-0.3, -0.25) is 0 Å². The van der Waals surface area contributed by atoms with Crippen molar-refractivity contribution in [3.05, 3.63) is 0 Å². The van der Waals surface area contributed by atoms with Gasteiger partial charge in [-0.2, -0.15) is 0 Å². The van der Waals surface area contributed by atoms with Crippen LogP contribution in [0.15, 0.2) is 0 Å². The minimum atomic E-state index is 0.224. The lowest BCUT2D eigenvalue weighted by molar-refractivity contribution is -0.111. The van der Waals surface area contributed by atoms with Gasteiger partial charge in [0.15, 0.2) is 0 Å². The second-order valence-corrected chi connectivity index (χ2v) is 2.93. The van der Waals surface area contributed by atoms with Gasteiger partial charge in [0.25, 0.3) is 0 Å².